The van der Waals surface area contributed by atoms with Crippen LogP contribution in [0.4, 0.5) is 10.7 Å². The van der Waals surface area contributed by atoms with Crippen LogP contribution in [-0.4, -0.2) is 93.3 Å². The molecule has 0 radical (unpaired) electrons. The quantitative estimate of drug-likeness (QED) is 0.0763. The van der Waals surface area contributed by atoms with Gasteiger partial charge >= 0.3 is 29.9 Å². The molecule has 0 aliphatic carbocycles. The number of rotatable bonds is 17. The molecule has 0 unspecified atom stereocenters. The van der Waals surface area contributed by atoms with E-state index in [1.54, 1.807) is 0 Å². The van der Waals surface area contributed by atoms with Gasteiger partial charge in [-0.05, 0) is 30.6 Å². The lowest BCUT2D eigenvalue weighted by molar-refractivity contribution is -0.396. The van der Waals surface area contributed by atoms with Crippen LogP contribution in [0.15, 0.2) is 18.6 Å². The van der Waals surface area contributed by atoms with Gasteiger partial charge < -0.3 is 41.4 Å². The number of carboxylic acid groups (broad SMARTS) is 3. The predicted octanol–water partition coefficient (Wildman–Crippen LogP) is -1.21. The molecule has 6 N–H and O–H groups in total. The summed E-state index contributed by atoms with van der Waals surface area (Å²) in [6, 6.07) is -3.91. The molecule has 0 aliphatic rings. The van der Waals surface area contributed by atoms with Crippen molar-refractivity contribution in [1.82, 2.24) is 40.5 Å². The number of nitrogens with one attached hydrogen (secondary N) is 3. The van der Waals surface area contributed by atoms with Crippen LogP contribution in [0.2, 0.25) is 0 Å². The Morgan fingerprint density at radius 1 is 1.03 bits per heavy atom. The van der Waals surface area contributed by atoms with E-state index in [0.29, 0.717) is 12.1 Å². The van der Waals surface area contributed by atoms with Crippen molar-refractivity contribution in [2.24, 2.45) is 0 Å². The number of imidazole rings is 1. The smallest absolute Gasteiger partial charge is 0.434 e. The fourth-order valence-corrected chi connectivity index (χ4v) is 3.30. The van der Waals surface area contributed by atoms with Gasteiger partial charge in [-0.3, -0.25) is 9.59 Å². The van der Waals surface area contributed by atoms with Crippen molar-refractivity contribution in [3.8, 4) is 0 Å². The molecule has 0 aliphatic heterocycles. The molecule has 0 fully saturated rings. The van der Waals surface area contributed by atoms with E-state index in [4.69, 9.17) is 10.2 Å². The van der Waals surface area contributed by atoms with Crippen LogP contribution in [0.25, 0.3) is 0 Å². The molecule has 0 bridgehead atoms. The van der Waals surface area contributed by atoms with Crippen LogP contribution in [0.5, 0.6) is 0 Å². The number of nitrogens with zero attached hydrogens (tertiary/aromatic N) is 6. The summed E-state index contributed by atoms with van der Waals surface area (Å²) in [6.45, 7) is 0.0512. The van der Waals surface area contributed by atoms with Crippen LogP contribution in [0.1, 0.15) is 37.8 Å². The van der Waals surface area contributed by atoms with E-state index < -0.39 is 53.3 Å². The highest BCUT2D eigenvalue weighted by atomic mass is 16.6. The number of carboxylic acids is 3. The average molecular weight is 553 g/mol. The van der Waals surface area contributed by atoms with Gasteiger partial charge in [0.15, 0.2) is 0 Å². The molecule has 212 valence electrons. The average Bonchev–Trinajstić information content (AvgIpc) is 3.50. The number of carbonyl (C=O) groups excluding carboxylic acids is 2. The Balaban J connectivity index is 1.71. The summed E-state index contributed by atoms with van der Waals surface area (Å²) in [5.41, 5.74) is 0.372. The van der Waals surface area contributed by atoms with E-state index in [2.05, 4.69) is 25.9 Å². The highest BCUT2D eigenvalue weighted by Crippen LogP contribution is 2.09. The van der Waals surface area contributed by atoms with Crippen LogP contribution < -0.4 is 16.0 Å². The van der Waals surface area contributed by atoms with Gasteiger partial charge in [0, 0.05) is 13.0 Å². The van der Waals surface area contributed by atoms with E-state index in [0.717, 1.165) is 0 Å². The Morgan fingerprint density at radius 2 is 1.69 bits per heavy atom. The summed E-state index contributed by atoms with van der Waals surface area (Å²) in [7, 11) is 0. The van der Waals surface area contributed by atoms with Crippen molar-refractivity contribution >= 4 is 35.8 Å². The summed E-state index contributed by atoms with van der Waals surface area (Å²) in [5, 5.41) is 52.5. The maximum Gasteiger partial charge on any atom is 0.434 e. The highest BCUT2D eigenvalue weighted by Gasteiger charge is 2.24. The van der Waals surface area contributed by atoms with E-state index >= 15 is 0 Å². The number of amides is 3. The molecule has 0 spiro atoms. The Morgan fingerprint density at radius 3 is 2.31 bits per heavy atom. The molecule has 2 aromatic rings. The molecular weight excluding hydrogens is 526 g/mol. The largest absolute Gasteiger partial charge is 0.481 e. The molecule has 39 heavy (non-hydrogen) atoms. The maximum absolute atomic E-state index is 12.1. The fourth-order valence-electron chi connectivity index (χ4n) is 3.30. The third-order valence-electron chi connectivity index (χ3n) is 5.18. The minimum atomic E-state index is -1.50. The van der Waals surface area contributed by atoms with Crippen molar-refractivity contribution in [3.05, 3.63) is 34.4 Å². The number of aromatic nitrogens is 5. The number of carbonyl (C=O) groups is 5. The molecule has 0 saturated carbocycles. The number of hydrogen-bond donors (Lipinski definition) is 6. The zero-order chi connectivity index (χ0) is 28.9. The van der Waals surface area contributed by atoms with E-state index in [1.807, 2.05) is 5.32 Å². The monoisotopic (exact) mass is 553 g/mol. The summed E-state index contributed by atoms with van der Waals surface area (Å²) in [4.78, 5) is 71.3. The van der Waals surface area contributed by atoms with Crippen molar-refractivity contribution in [3.63, 3.8) is 0 Å². The van der Waals surface area contributed by atoms with Crippen molar-refractivity contribution in [1.29, 1.82) is 0 Å². The third-order valence-corrected chi connectivity index (χ3v) is 5.18. The summed E-state index contributed by atoms with van der Waals surface area (Å²) < 4.78 is 2.51. The Labute approximate surface area is 219 Å². The maximum atomic E-state index is 12.1. The second-order valence-corrected chi connectivity index (χ2v) is 8.20. The molecular formula is C20H27N9O10. The van der Waals surface area contributed by atoms with Gasteiger partial charge in [0.05, 0.1) is 6.20 Å². The zero-order valence-electron chi connectivity index (χ0n) is 20.4. The lowest BCUT2D eigenvalue weighted by Crippen LogP contribution is -2.51. The Bertz CT molecular complexity index is 1190. The minimum Gasteiger partial charge on any atom is -0.481 e. The Kier molecular flexibility index (Phi) is 11.3. The molecule has 19 heteroatoms. The first-order chi connectivity index (χ1) is 18.5. The number of aliphatic carboxylic acids is 3. The fraction of sp³-hybridized carbons (Fsp3) is 0.500. The van der Waals surface area contributed by atoms with Crippen molar-refractivity contribution in [2.75, 3.05) is 6.54 Å². The first-order valence-electron chi connectivity index (χ1n) is 11.5. The second-order valence-electron chi connectivity index (χ2n) is 8.20. The van der Waals surface area contributed by atoms with Crippen LogP contribution in [-0.2, 0) is 32.3 Å². The van der Waals surface area contributed by atoms with E-state index in [-0.39, 0.29) is 44.8 Å². The van der Waals surface area contributed by atoms with Gasteiger partial charge in [0.25, 0.3) is 0 Å². The van der Waals surface area contributed by atoms with Crippen molar-refractivity contribution in [2.45, 2.75) is 57.3 Å². The van der Waals surface area contributed by atoms with Gasteiger partial charge in [0.1, 0.15) is 43.3 Å². The highest BCUT2D eigenvalue weighted by molar-refractivity contribution is 5.86. The van der Waals surface area contributed by atoms with Crippen LogP contribution in [0, 0.1) is 10.1 Å². The number of urea groups is 1. The molecule has 2 aromatic heterocycles. The number of hydrogen-bond acceptors (Lipinski definition) is 10. The second kappa shape index (κ2) is 14.6. The van der Waals surface area contributed by atoms with Gasteiger partial charge in [-0.15, -0.1) is 5.10 Å². The molecule has 0 aromatic carbocycles. The molecule has 3 amide bonds. The van der Waals surface area contributed by atoms with Gasteiger partial charge in [0.2, 0.25) is 5.91 Å². The molecule has 19 nitrogen and oxygen atoms in total. The van der Waals surface area contributed by atoms with Crippen LogP contribution in [0.3, 0.4) is 0 Å². The lowest BCUT2D eigenvalue weighted by Gasteiger charge is -2.18. The summed E-state index contributed by atoms with van der Waals surface area (Å²) in [6.07, 6.45) is 3.90. The summed E-state index contributed by atoms with van der Waals surface area (Å²) >= 11 is 0. The molecule has 2 atom stereocenters. The van der Waals surface area contributed by atoms with Gasteiger partial charge in [-0.2, -0.15) is 0 Å². The normalized spacial score (nSPS) is 12.2. The predicted molar refractivity (Wildman–Crippen MR) is 126 cm³/mol. The third kappa shape index (κ3) is 10.4. The van der Waals surface area contributed by atoms with E-state index in [9.17, 15) is 39.2 Å². The van der Waals surface area contributed by atoms with Gasteiger partial charge in [-0.1, -0.05) is 10.2 Å². The van der Waals surface area contributed by atoms with E-state index in [1.165, 1.54) is 27.8 Å². The lowest BCUT2D eigenvalue weighted by atomic mass is 10.1. The van der Waals surface area contributed by atoms with Crippen LogP contribution >= 0.6 is 0 Å². The Hall–Kier alpha value is -5.10. The number of nitro groups is 1. The van der Waals surface area contributed by atoms with Crippen molar-refractivity contribution < 1.29 is 44.2 Å². The van der Waals surface area contributed by atoms with Gasteiger partial charge in [-0.25, -0.2) is 23.6 Å². The molecule has 2 rings (SSSR count). The zero-order valence-corrected chi connectivity index (χ0v) is 20.4. The number of unbranched alkanes of at least 4 members (excludes halogenated alkanes) is 1. The molecule has 0 saturated heterocycles. The molecule has 2 heterocycles. The minimum absolute atomic E-state index is 0.0156. The first-order valence-corrected chi connectivity index (χ1v) is 11.5. The standard InChI is InChI=1S/C20H27N9O10/c30-15(11-28-10-12(25-26-28)9-27-8-7-22-20(27)29(38)39)21-6-2-1-3-13(17(33)34)23-19(37)24-14(18(35)36)4-5-16(31)32/h7-8,10,13-14H,1-6,9,11H2,(H,21,30)(H,31,32)(H,33,34)(H,35,36)(H2,23,24,37)/t13-,14-/m0/s1. The SMILES string of the molecule is O=C(O)CC[C@H](NC(=O)N[C@@H](CCCCNC(=O)Cn1cc(Cn2ccnc2[N+](=O)[O-])nn1)C(=O)O)C(=O)O. The summed E-state index contributed by atoms with van der Waals surface area (Å²) in [5.74, 6) is -4.83. The topological polar surface area (TPSA) is 274 Å². The first kappa shape index (κ1) is 30.1.